The molecule has 2 amide bonds. The van der Waals surface area contributed by atoms with Crippen molar-refractivity contribution in [2.24, 2.45) is 0 Å². The van der Waals surface area contributed by atoms with E-state index in [0.717, 1.165) is 11.3 Å². The third-order valence-electron chi connectivity index (χ3n) is 4.29. The number of rotatable bonds is 2. The number of hydrogen-bond acceptors (Lipinski definition) is 4. The van der Waals surface area contributed by atoms with Gasteiger partial charge in [0.05, 0.1) is 16.7 Å². The SMILES string of the molecule is N#Cc1c(NC(=O)Nc2cc(C(F)(F)F)cc(C(F)(F)F)c2)sc2c1CCC(=O)C2. The number of nitrogens with zero attached hydrogens (tertiary/aromatic N) is 1. The highest BCUT2D eigenvalue weighted by Gasteiger charge is 2.37. The molecule has 12 heteroatoms. The Morgan fingerprint density at radius 1 is 1.00 bits per heavy atom. The van der Waals surface area contributed by atoms with Crippen LogP contribution >= 0.6 is 11.3 Å². The highest BCUT2D eigenvalue weighted by molar-refractivity contribution is 7.16. The minimum atomic E-state index is -5.05. The minimum absolute atomic E-state index is 0.0344. The van der Waals surface area contributed by atoms with Crippen molar-refractivity contribution >= 4 is 33.8 Å². The van der Waals surface area contributed by atoms with Crippen LogP contribution in [0.5, 0.6) is 0 Å². The van der Waals surface area contributed by atoms with Crippen molar-refractivity contribution in [1.29, 1.82) is 5.26 Å². The lowest BCUT2D eigenvalue weighted by atomic mass is 9.95. The number of carbonyl (C=O) groups excluding carboxylic acids is 2. The van der Waals surface area contributed by atoms with Crippen LogP contribution in [0.25, 0.3) is 0 Å². The summed E-state index contributed by atoms with van der Waals surface area (Å²) in [7, 11) is 0. The first-order valence-corrected chi connectivity index (χ1v) is 9.14. The average molecular weight is 447 g/mol. The number of Topliss-reactive ketones (excluding diaryl/α,β-unsaturated/α-hetero) is 1. The van der Waals surface area contributed by atoms with Crippen molar-refractivity contribution < 1.29 is 35.9 Å². The number of halogens is 6. The summed E-state index contributed by atoms with van der Waals surface area (Å²) >= 11 is 0.969. The summed E-state index contributed by atoms with van der Waals surface area (Å²) in [4.78, 5) is 24.4. The van der Waals surface area contributed by atoms with Crippen LogP contribution in [0.2, 0.25) is 0 Å². The van der Waals surface area contributed by atoms with Crippen molar-refractivity contribution in [3.63, 3.8) is 0 Å². The topological polar surface area (TPSA) is 82.0 Å². The van der Waals surface area contributed by atoms with Crippen LogP contribution in [0.1, 0.15) is 33.6 Å². The highest BCUT2D eigenvalue weighted by atomic mass is 32.1. The van der Waals surface area contributed by atoms with Crippen LogP contribution in [0, 0.1) is 11.3 Å². The fourth-order valence-corrected chi connectivity index (χ4v) is 4.17. The van der Waals surface area contributed by atoms with E-state index in [1.807, 2.05) is 11.4 Å². The molecule has 1 aromatic heterocycles. The summed E-state index contributed by atoms with van der Waals surface area (Å²) in [6.07, 6.45) is -9.45. The molecule has 30 heavy (non-hydrogen) atoms. The number of carbonyl (C=O) groups is 2. The molecule has 0 radical (unpaired) electrons. The molecule has 1 aromatic carbocycles. The summed E-state index contributed by atoms with van der Waals surface area (Å²) in [5.74, 6) is -0.0344. The summed E-state index contributed by atoms with van der Waals surface area (Å²) in [6.45, 7) is 0. The van der Waals surface area contributed by atoms with Gasteiger partial charge in [0.15, 0.2) is 0 Å². The van der Waals surface area contributed by atoms with Crippen molar-refractivity contribution in [2.75, 3.05) is 10.6 Å². The maximum atomic E-state index is 12.9. The Balaban J connectivity index is 1.87. The summed E-state index contributed by atoms with van der Waals surface area (Å²) in [5, 5.41) is 13.6. The van der Waals surface area contributed by atoms with Gasteiger partial charge in [-0.15, -0.1) is 11.3 Å². The summed E-state index contributed by atoms with van der Waals surface area (Å²) in [5.41, 5.74) is -3.14. The van der Waals surface area contributed by atoms with E-state index < -0.39 is 35.2 Å². The molecule has 158 valence electrons. The number of benzene rings is 1. The molecule has 5 nitrogen and oxygen atoms in total. The maximum Gasteiger partial charge on any atom is 0.416 e. The van der Waals surface area contributed by atoms with Gasteiger partial charge in [-0.05, 0) is 30.2 Å². The molecule has 0 saturated carbocycles. The van der Waals surface area contributed by atoms with E-state index in [1.54, 1.807) is 0 Å². The van der Waals surface area contributed by atoms with E-state index in [9.17, 15) is 41.2 Å². The zero-order chi connectivity index (χ0) is 22.3. The number of fused-ring (bicyclic) bond motifs is 1. The average Bonchev–Trinajstić information content (AvgIpc) is 2.95. The molecule has 0 bridgehead atoms. The molecule has 2 N–H and O–H groups in total. The van der Waals surface area contributed by atoms with Gasteiger partial charge in [0, 0.05) is 23.4 Å². The highest BCUT2D eigenvalue weighted by Crippen LogP contribution is 2.39. The number of hydrogen-bond donors (Lipinski definition) is 2. The van der Waals surface area contributed by atoms with Crippen LogP contribution < -0.4 is 10.6 Å². The van der Waals surface area contributed by atoms with Gasteiger partial charge in [0.25, 0.3) is 0 Å². The molecule has 0 spiro atoms. The van der Waals surface area contributed by atoms with Crippen molar-refractivity contribution in [3.05, 3.63) is 45.3 Å². The number of nitriles is 1. The largest absolute Gasteiger partial charge is 0.416 e. The molecule has 0 aliphatic heterocycles. The van der Waals surface area contributed by atoms with Gasteiger partial charge in [-0.3, -0.25) is 10.1 Å². The van der Waals surface area contributed by atoms with Gasteiger partial charge < -0.3 is 5.32 Å². The molecule has 0 unspecified atom stereocenters. The Kier molecular flexibility index (Phi) is 5.51. The monoisotopic (exact) mass is 447 g/mol. The standard InChI is InChI=1S/C18H11F6N3O2S/c19-17(20,21)8-3-9(18(22,23)24)5-10(4-8)26-16(29)27-15-13(7-25)12-2-1-11(28)6-14(12)30-15/h3-5H,1-2,6H2,(H2,26,27,29). The Morgan fingerprint density at radius 2 is 1.60 bits per heavy atom. The molecule has 1 aliphatic rings. The predicted molar refractivity (Wildman–Crippen MR) is 95.2 cm³/mol. The van der Waals surface area contributed by atoms with E-state index in [0.29, 0.717) is 29.0 Å². The molecular formula is C18H11F6N3O2S. The fraction of sp³-hybridized carbons (Fsp3) is 0.278. The third-order valence-corrected chi connectivity index (χ3v) is 5.43. The molecule has 0 saturated heterocycles. The van der Waals surface area contributed by atoms with Gasteiger partial charge in [-0.25, -0.2) is 4.79 Å². The first-order chi connectivity index (χ1) is 13.9. The number of ketones is 1. The smallest absolute Gasteiger partial charge is 0.308 e. The van der Waals surface area contributed by atoms with Crippen molar-refractivity contribution in [2.45, 2.75) is 31.6 Å². The molecule has 3 rings (SSSR count). The number of amides is 2. The first kappa shape index (κ1) is 21.6. The normalized spacial score (nSPS) is 14.1. The Bertz CT molecular complexity index is 1030. The van der Waals surface area contributed by atoms with Crippen molar-refractivity contribution in [1.82, 2.24) is 0 Å². The lowest BCUT2D eigenvalue weighted by Gasteiger charge is -2.15. The molecule has 0 atom stereocenters. The van der Waals surface area contributed by atoms with E-state index in [1.165, 1.54) is 0 Å². The second kappa shape index (κ2) is 7.64. The first-order valence-electron chi connectivity index (χ1n) is 8.32. The van der Waals surface area contributed by atoms with E-state index in [4.69, 9.17) is 0 Å². The van der Waals surface area contributed by atoms with Crippen LogP contribution in [-0.2, 0) is 30.0 Å². The molecule has 1 heterocycles. The lowest BCUT2D eigenvalue weighted by molar-refractivity contribution is -0.143. The molecule has 0 fully saturated rings. The third kappa shape index (κ3) is 4.56. The van der Waals surface area contributed by atoms with Gasteiger partial charge >= 0.3 is 18.4 Å². The quantitative estimate of drug-likeness (QED) is 0.609. The second-order valence-corrected chi connectivity index (χ2v) is 7.51. The Labute approximate surface area is 169 Å². The van der Waals surface area contributed by atoms with Gasteiger partial charge in [-0.2, -0.15) is 31.6 Å². The summed E-state index contributed by atoms with van der Waals surface area (Å²) < 4.78 is 77.5. The van der Waals surface area contributed by atoms with Gasteiger partial charge in [0.2, 0.25) is 0 Å². The number of nitrogens with one attached hydrogen (secondary N) is 2. The van der Waals surface area contributed by atoms with Crippen LogP contribution in [0.3, 0.4) is 0 Å². The van der Waals surface area contributed by atoms with Crippen LogP contribution in [-0.4, -0.2) is 11.8 Å². The zero-order valence-electron chi connectivity index (χ0n) is 14.8. The predicted octanol–water partition coefficient (Wildman–Crippen LogP) is 5.36. The number of anilines is 2. The Morgan fingerprint density at radius 3 is 2.13 bits per heavy atom. The fourth-order valence-electron chi connectivity index (χ4n) is 2.95. The van der Waals surface area contributed by atoms with Gasteiger partial charge in [-0.1, -0.05) is 0 Å². The van der Waals surface area contributed by atoms with E-state index >= 15 is 0 Å². The van der Waals surface area contributed by atoms with E-state index in [-0.39, 0.29) is 35.3 Å². The van der Waals surface area contributed by atoms with Crippen molar-refractivity contribution in [3.8, 4) is 6.07 Å². The molecule has 2 aromatic rings. The minimum Gasteiger partial charge on any atom is -0.308 e. The van der Waals surface area contributed by atoms with Crippen LogP contribution in [0.4, 0.5) is 41.8 Å². The Hall–Kier alpha value is -3.07. The second-order valence-electron chi connectivity index (χ2n) is 6.41. The molecule has 1 aliphatic carbocycles. The lowest BCUT2D eigenvalue weighted by Crippen LogP contribution is -2.20. The summed E-state index contributed by atoms with van der Waals surface area (Å²) in [6, 6.07) is 1.48. The molecular weight excluding hydrogens is 436 g/mol. The number of alkyl halides is 6. The van der Waals surface area contributed by atoms with Gasteiger partial charge in [0.1, 0.15) is 16.9 Å². The number of urea groups is 1. The van der Waals surface area contributed by atoms with E-state index in [2.05, 4.69) is 5.32 Å². The van der Waals surface area contributed by atoms with Crippen LogP contribution in [0.15, 0.2) is 18.2 Å². The zero-order valence-corrected chi connectivity index (χ0v) is 15.6. The maximum absolute atomic E-state index is 12.9. The number of thiophene rings is 1.